The predicted octanol–water partition coefficient (Wildman–Crippen LogP) is 2.47. The van der Waals surface area contributed by atoms with Crippen LogP contribution in [0.1, 0.15) is 5.56 Å². The number of benzene rings is 1. The Kier molecular flexibility index (Phi) is 1.69. The Hall–Kier alpha value is -1.23. The average molecular weight is 200 g/mol. The molecule has 0 saturated heterocycles. The van der Waals surface area contributed by atoms with E-state index < -0.39 is 11.6 Å². The summed E-state index contributed by atoms with van der Waals surface area (Å²) in [5.41, 5.74) is 6.08. The molecule has 0 radical (unpaired) electrons. The van der Waals surface area contributed by atoms with Crippen molar-refractivity contribution in [1.29, 1.82) is 0 Å². The van der Waals surface area contributed by atoms with Gasteiger partial charge in [-0.3, -0.25) is 0 Å². The molecule has 0 atom stereocenters. The monoisotopic (exact) mass is 200 g/mol. The summed E-state index contributed by atoms with van der Waals surface area (Å²) in [4.78, 5) is 3.90. The molecule has 0 fully saturated rings. The van der Waals surface area contributed by atoms with Gasteiger partial charge in [0.25, 0.3) is 0 Å². The first kappa shape index (κ1) is 8.37. The van der Waals surface area contributed by atoms with E-state index in [1.54, 1.807) is 0 Å². The Bertz CT molecular complexity index is 478. The van der Waals surface area contributed by atoms with Gasteiger partial charge in [0.05, 0.1) is 10.2 Å². The van der Waals surface area contributed by atoms with Crippen molar-refractivity contribution in [2.24, 2.45) is 0 Å². The fraction of sp³-hybridized carbons (Fsp3) is 0.125. The standard InChI is InChI=1S/C8H6F2N2S/c1-3-6(10)4(9)2-5-7(3)12-8(11)13-5/h2H,1H3,(H2,11,12). The van der Waals surface area contributed by atoms with Gasteiger partial charge >= 0.3 is 0 Å². The molecule has 0 aliphatic carbocycles. The molecule has 0 aliphatic rings. The van der Waals surface area contributed by atoms with Crippen molar-refractivity contribution >= 4 is 26.7 Å². The number of hydrogen-bond acceptors (Lipinski definition) is 3. The minimum Gasteiger partial charge on any atom is -0.375 e. The Morgan fingerprint density at radius 3 is 2.85 bits per heavy atom. The number of nitrogens with zero attached hydrogens (tertiary/aromatic N) is 1. The number of hydrogen-bond donors (Lipinski definition) is 1. The van der Waals surface area contributed by atoms with Gasteiger partial charge in [-0.2, -0.15) is 0 Å². The van der Waals surface area contributed by atoms with Crippen molar-refractivity contribution in [3.05, 3.63) is 23.3 Å². The van der Waals surface area contributed by atoms with Crippen LogP contribution in [-0.2, 0) is 0 Å². The molecule has 68 valence electrons. The topological polar surface area (TPSA) is 38.9 Å². The van der Waals surface area contributed by atoms with Gasteiger partial charge in [-0.25, -0.2) is 13.8 Å². The van der Waals surface area contributed by atoms with Gasteiger partial charge in [0, 0.05) is 5.56 Å². The number of aromatic nitrogens is 1. The van der Waals surface area contributed by atoms with Crippen LogP contribution in [0.2, 0.25) is 0 Å². The largest absolute Gasteiger partial charge is 0.375 e. The third kappa shape index (κ3) is 1.16. The fourth-order valence-corrected chi connectivity index (χ4v) is 2.00. The van der Waals surface area contributed by atoms with Crippen LogP contribution in [-0.4, -0.2) is 4.98 Å². The smallest absolute Gasteiger partial charge is 0.181 e. The summed E-state index contributed by atoms with van der Waals surface area (Å²) in [5.74, 6) is -1.70. The summed E-state index contributed by atoms with van der Waals surface area (Å²) in [6.07, 6.45) is 0. The number of aryl methyl sites for hydroxylation is 1. The molecule has 0 saturated carbocycles. The molecule has 2 nitrogen and oxygen atoms in total. The van der Waals surface area contributed by atoms with E-state index >= 15 is 0 Å². The van der Waals surface area contributed by atoms with Crippen molar-refractivity contribution in [2.75, 3.05) is 5.73 Å². The van der Waals surface area contributed by atoms with E-state index in [1.165, 1.54) is 6.92 Å². The molecule has 0 unspecified atom stereocenters. The van der Waals surface area contributed by atoms with Crippen LogP contribution in [0.15, 0.2) is 6.07 Å². The van der Waals surface area contributed by atoms with Crippen LogP contribution in [0.25, 0.3) is 10.2 Å². The maximum Gasteiger partial charge on any atom is 0.181 e. The highest BCUT2D eigenvalue weighted by Gasteiger charge is 2.12. The molecule has 1 heterocycles. The molecule has 0 amide bonds. The molecule has 13 heavy (non-hydrogen) atoms. The van der Waals surface area contributed by atoms with E-state index in [-0.39, 0.29) is 5.56 Å². The molecular weight excluding hydrogens is 194 g/mol. The van der Waals surface area contributed by atoms with Gasteiger partial charge < -0.3 is 5.73 Å². The van der Waals surface area contributed by atoms with Crippen molar-refractivity contribution in [3.63, 3.8) is 0 Å². The van der Waals surface area contributed by atoms with Crippen molar-refractivity contribution < 1.29 is 8.78 Å². The van der Waals surface area contributed by atoms with Crippen molar-refractivity contribution in [2.45, 2.75) is 6.92 Å². The lowest BCUT2D eigenvalue weighted by Crippen LogP contribution is -1.89. The predicted molar refractivity (Wildman–Crippen MR) is 48.7 cm³/mol. The zero-order valence-corrected chi connectivity index (χ0v) is 7.58. The second-order valence-corrected chi connectivity index (χ2v) is 3.76. The molecule has 0 spiro atoms. The molecule has 0 aliphatic heterocycles. The van der Waals surface area contributed by atoms with Gasteiger partial charge in [0.2, 0.25) is 0 Å². The summed E-state index contributed by atoms with van der Waals surface area (Å²) in [6.45, 7) is 1.49. The SMILES string of the molecule is Cc1c(F)c(F)cc2sc(N)nc12. The van der Waals surface area contributed by atoms with E-state index in [9.17, 15) is 8.78 Å². The highest BCUT2D eigenvalue weighted by molar-refractivity contribution is 7.22. The van der Waals surface area contributed by atoms with Crippen LogP contribution in [0.5, 0.6) is 0 Å². The van der Waals surface area contributed by atoms with Crippen LogP contribution >= 0.6 is 11.3 Å². The van der Waals surface area contributed by atoms with E-state index in [0.717, 1.165) is 17.4 Å². The zero-order chi connectivity index (χ0) is 9.59. The molecular formula is C8H6F2N2S. The first-order valence-corrected chi connectivity index (χ1v) is 4.42. The quantitative estimate of drug-likeness (QED) is 0.709. The van der Waals surface area contributed by atoms with E-state index in [1.807, 2.05) is 0 Å². The third-order valence-electron chi connectivity index (χ3n) is 1.82. The minimum absolute atomic E-state index is 0.211. The van der Waals surface area contributed by atoms with E-state index in [2.05, 4.69) is 4.98 Å². The Morgan fingerprint density at radius 2 is 2.15 bits per heavy atom. The Balaban J connectivity index is 2.92. The molecule has 2 aromatic rings. The van der Waals surface area contributed by atoms with Gasteiger partial charge in [-0.15, -0.1) is 0 Å². The summed E-state index contributed by atoms with van der Waals surface area (Å²) in [6, 6.07) is 1.12. The normalized spacial score (nSPS) is 11.0. The van der Waals surface area contributed by atoms with Crippen LogP contribution in [0.4, 0.5) is 13.9 Å². The summed E-state index contributed by atoms with van der Waals surface area (Å²) >= 11 is 1.15. The fourth-order valence-electron chi connectivity index (χ4n) is 1.18. The first-order valence-electron chi connectivity index (χ1n) is 3.60. The van der Waals surface area contributed by atoms with E-state index in [4.69, 9.17) is 5.73 Å². The molecule has 2 N–H and O–H groups in total. The maximum atomic E-state index is 13.0. The molecule has 0 bridgehead atoms. The molecule has 1 aromatic carbocycles. The lowest BCUT2D eigenvalue weighted by atomic mass is 10.2. The highest BCUT2D eigenvalue weighted by Crippen LogP contribution is 2.29. The van der Waals surface area contributed by atoms with Crippen molar-refractivity contribution in [3.8, 4) is 0 Å². The number of halogens is 2. The number of rotatable bonds is 0. The summed E-state index contributed by atoms with van der Waals surface area (Å²) < 4.78 is 26.5. The van der Waals surface area contributed by atoms with Gasteiger partial charge in [-0.05, 0) is 13.0 Å². The van der Waals surface area contributed by atoms with Crippen LogP contribution in [0, 0.1) is 18.6 Å². The Labute approximate surface area is 77.0 Å². The minimum atomic E-state index is -0.853. The van der Waals surface area contributed by atoms with Gasteiger partial charge in [0.15, 0.2) is 16.8 Å². The van der Waals surface area contributed by atoms with E-state index in [0.29, 0.717) is 15.3 Å². The second-order valence-electron chi connectivity index (χ2n) is 2.70. The number of anilines is 1. The van der Waals surface area contributed by atoms with Crippen LogP contribution < -0.4 is 5.73 Å². The Morgan fingerprint density at radius 1 is 1.46 bits per heavy atom. The number of fused-ring (bicyclic) bond motifs is 1. The maximum absolute atomic E-state index is 13.0. The molecule has 5 heteroatoms. The lowest BCUT2D eigenvalue weighted by molar-refractivity contribution is 0.505. The lowest BCUT2D eigenvalue weighted by Gasteiger charge is -1.97. The zero-order valence-electron chi connectivity index (χ0n) is 6.77. The molecule has 1 aromatic heterocycles. The average Bonchev–Trinajstić information content (AvgIpc) is 2.42. The number of nitrogens with two attached hydrogens (primary N) is 1. The van der Waals surface area contributed by atoms with Crippen molar-refractivity contribution in [1.82, 2.24) is 4.98 Å². The van der Waals surface area contributed by atoms with Crippen LogP contribution in [0.3, 0.4) is 0 Å². The number of nitrogen functional groups attached to an aromatic ring is 1. The summed E-state index contributed by atoms with van der Waals surface area (Å²) in [5, 5.41) is 0.322. The highest BCUT2D eigenvalue weighted by atomic mass is 32.1. The molecule has 2 rings (SSSR count). The second kappa shape index (κ2) is 2.63. The third-order valence-corrected chi connectivity index (χ3v) is 2.65. The number of thiazole rings is 1. The summed E-state index contributed by atoms with van der Waals surface area (Å²) in [7, 11) is 0. The van der Waals surface area contributed by atoms with Gasteiger partial charge in [0.1, 0.15) is 0 Å². The first-order chi connectivity index (χ1) is 6.09. The van der Waals surface area contributed by atoms with Gasteiger partial charge in [-0.1, -0.05) is 11.3 Å².